The Bertz CT molecular complexity index is 833. The van der Waals surface area contributed by atoms with Crippen LogP contribution in [0.2, 0.25) is 0 Å². The number of anilines is 1. The van der Waals surface area contributed by atoms with Gasteiger partial charge in [-0.3, -0.25) is 9.59 Å². The first-order valence-corrected chi connectivity index (χ1v) is 9.56. The van der Waals surface area contributed by atoms with Crippen LogP contribution < -0.4 is 5.32 Å². The third-order valence-corrected chi connectivity index (χ3v) is 4.63. The molecular formula is C22H25F3N2O2. The molecule has 0 unspecified atom stereocenters. The lowest BCUT2D eigenvalue weighted by Crippen LogP contribution is -2.38. The number of hydrogen-bond acceptors (Lipinski definition) is 2. The number of rotatable bonds is 8. The fourth-order valence-electron chi connectivity index (χ4n) is 2.93. The molecular weight excluding hydrogens is 381 g/mol. The highest BCUT2D eigenvalue weighted by atomic mass is 19.4. The van der Waals surface area contributed by atoms with Crippen molar-refractivity contribution >= 4 is 17.5 Å². The molecule has 2 aromatic rings. The average molecular weight is 406 g/mol. The summed E-state index contributed by atoms with van der Waals surface area (Å²) in [5.74, 6) is -0.879. The number of hydrogen-bond donors (Lipinski definition) is 1. The highest BCUT2D eigenvalue weighted by Crippen LogP contribution is 2.34. The van der Waals surface area contributed by atoms with E-state index in [1.807, 2.05) is 24.3 Å². The summed E-state index contributed by atoms with van der Waals surface area (Å²) in [6.45, 7) is 3.79. The molecule has 0 aliphatic carbocycles. The molecule has 0 fully saturated rings. The van der Waals surface area contributed by atoms with Crippen molar-refractivity contribution in [3.63, 3.8) is 0 Å². The minimum Gasteiger partial charge on any atom is -0.334 e. The molecule has 0 spiro atoms. The zero-order chi connectivity index (χ0) is 21.4. The number of nitrogens with zero attached hydrogens (tertiary/aromatic N) is 1. The molecule has 2 rings (SSSR count). The number of carbonyl (C=O) groups excluding carboxylic acids is 2. The van der Waals surface area contributed by atoms with E-state index in [0.717, 1.165) is 18.1 Å². The topological polar surface area (TPSA) is 49.4 Å². The maximum atomic E-state index is 13.0. The highest BCUT2D eigenvalue weighted by Gasteiger charge is 2.33. The van der Waals surface area contributed by atoms with E-state index < -0.39 is 17.6 Å². The van der Waals surface area contributed by atoms with E-state index in [-0.39, 0.29) is 24.6 Å². The lowest BCUT2D eigenvalue weighted by Gasteiger charge is -2.21. The Labute approximate surface area is 168 Å². The molecule has 0 aromatic heterocycles. The van der Waals surface area contributed by atoms with Gasteiger partial charge in [-0.05, 0) is 43.0 Å². The van der Waals surface area contributed by atoms with Crippen molar-refractivity contribution in [3.8, 4) is 0 Å². The molecule has 0 aliphatic rings. The fourth-order valence-corrected chi connectivity index (χ4v) is 2.93. The molecule has 0 aliphatic heterocycles. The first-order chi connectivity index (χ1) is 13.7. The average Bonchev–Trinajstić information content (AvgIpc) is 2.70. The maximum absolute atomic E-state index is 13.0. The molecule has 0 radical (unpaired) electrons. The quantitative estimate of drug-likeness (QED) is 0.692. The summed E-state index contributed by atoms with van der Waals surface area (Å²) in [4.78, 5) is 26.0. The number of alkyl halides is 3. The van der Waals surface area contributed by atoms with Gasteiger partial charge in [-0.25, -0.2) is 0 Å². The second-order valence-corrected chi connectivity index (χ2v) is 6.67. The number of amides is 2. The van der Waals surface area contributed by atoms with Crippen LogP contribution in [0, 0.1) is 0 Å². The summed E-state index contributed by atoms with van der Waals surface area (Å²) < 4.78 is 39.1. The Kier molecular flexibility index (Phi) is 7.82. The van der Waals surface area contributed by atoms with Crippen molar-refractivity contribution in [2.45, 2.75) is 39.3 Å². The van der Waals surface area contributed by atoms with Crippen LogP contribution in [-0.4, -0.2) is 29.8 Å². The second kappa shape index (κ2) is 10.1. The van der Waals surface area contributed by atoms with Gasteiger partial charge in [0.2, 0.25) is 11.8 Å². The molecule has 0 bridgehead atoms. The Morgan fingerprint density at radius 1 is 0.966 bits per heavy atom. The van der Waals surface area contributed by atoms with Crippen molar-refractivity contribution in [2.24, 2.45) is 0 Å². The van der Waals surface area contributed by atoms with Crippen molar-refractivity contribution in [3.05, 3.63) is 65.2 Å². The highest BCUT2D eigenvalue weighted by molar-refractivity contribution is 5.95. The van der Waals surface area contributed by atoms with Gasteiger partial charge in [0.15, 0.2) is 0 Å². The first kappa shape index (κ1) is 22.5. The van der Waals surface area contributed by atoms with Crippen LogP contribution in [0.1, 0.15) is 37.0 Å². The van der Waals surface area contributed by atoms with Gasteiger partial charge in [-0.1, -0.05) is 43.3 Å². The van der Waals surface area contributed by atoms with Crippen LogP contribution in [0.15, 0.2) is 48.5 Å². The van der Waals surface area contributed by atoms with Gasteiger partial charge in [0.1, 0.15) is 0 Å². The minimum atomic E-state index is -4.57. The Hall–Kier alpha value is -2.83. The van der Waals surface area contributed by atoms with Gasteiger partial charge in [-0.15, -0.1) is 0 Å². The summed E-state index contributed by atoms with van der Waals surface area (Å²) >= 11 is 0. The standard InChI is InChI=1S/C22H25F3N2O2/c1-3-16-9-11-17(12-10-16)13-14-21(29)27(4-2)15-20(28)26-19-8-6-5-7-18(19)22(23,24)25/h5-12H,3-4,13-15H2,1-2H3,(H,26,28). The molecule has 29 heavy (non-hydrogen) atoms. The lowest BCUT2D eigenvalue weighted by molar-refractivity contribution is -0.137. The normalized spacial score (nSPS) is 11.2. The molecule has 4 nitrogen and oxygen atoms in total. The SMILES string of the molecule is CCc1ccc(CCC(=O)N(CC)CC(=O)Nc2ccccc2C(F)(F)F)cc1. The van der Waals surface area contributed by atoms with E-state index in [0.29, 0.717) is 13.0 Å². The van der Waals surface area contributed by atoms with Crippen LogP contribution in [-0.2, 0) is 28.6 Å². The van der Waals surface area contributed by atoms with Crippen molar-refractivity contribution in [1.82, 2.24) is 4.90 Å². The van der Waals surface area contributed by atoms with Gasteiger partial charge in [0, 0.05) is 13.0 Å². The van der Waals surface area contributed by atoms with Gasteiger partial charge < -0.3 is 10.2 Å². The molecule has 0 atom stereocenters. The zero-order valence-electron chi connectivity index (χ0n) is 16.6. The van der Waals surface area contributed by atoms with Crippen LogP contribution in [0.3, 0.4) is 0 Å². The molecule has 0 heterocycles. The Morgan fingerprint density at radius 2 is 1.59 bits per heavy atom. The maximum Gasteiger partial charge on any atom is 0.418 e. The van der Waals surface area contributed by atoms with Crippen molar-refractivity contribution in [2.75, 3.05) is 18.4 Å². The second-order valence-electron chi connectivity index (χ2n) is 6.67. The third-order valence-electron chi connectivity index (χ3n) is 4.63. The molecule has 156 valence electrons. The van der Waals surface area contributed by atoms with Gasteiger partial charge in [0.25, 0.3) is 0 Å². The van der Waals surface area contributed by atoms with E-state index in [4.69, 9.17) is 0 Å². The van der Waals surface area contributed by atoms with E-state index in [1.165, 1.54) is 28.7 Å². The minimum absolute atomic E-state index is 0.216. The van der Waals surface area contributed by atoms with Crippen molar-refractivity contribution in [1.29, 1.82) is 0 Å². The molecule has 2 aromatic carbocycles. The summed E-state index contributed by atoms with van der Waals surface area (Å²) in [6.07, 6.45) is -2.86. The predicted octanol–water partition coefficient (Wildman–Crippen LogP) is 4.69. The Balaban J connectivity index is 1.94. The smallest absolute Gasteiger partial charge is 0.334 e. The van der Waals surface area contributed by atoms with Gasteiger partial charge in [-0.2, -0.15) is 13.2 Å². The number of halogens is 3. The molecule has 7 heteroatoms. The lowest BCUT2D eigenvalue weighted by atomic mass is 10.1. The van der Waals surface area contributed by atoms with Crippen LogP contribution >= 0.6 is 0 Å². The van der Waals surface area contributed by atoms with E-state index in [1.54, 1.807) is 6.92 Å². The van der Waals surface area contributed by atoms with E-state index in [9.17, 15) is 22.8 Å². The zero-order valence-corrected chi connectivity index (χ0v) is 16.6. The summed E-state index contributed by atoms with van der Waals surface area (Å²) in [7, 11) is 0. The number of likely N-dealkylation sites (N-methyl/N-ethyl adjacent to an activating group) is 1. The number of benzene rings is 2. The summed E-state index contributed by atoms with van der Waals surface area (Å²) in [5.41, 5.74) is 1.00. The monoisotopic (exact) mass is 406 g/mol. The molecule has 2 amide bonds. The number of nitrogens with one attached hydrogen (secondary N) is 1. The number of aryl methyl sites for hydroxylation is 2. The third kappa shape index (κ3) is 6.62. The largest absolute Gasteiger partial charge is 0.418 e. The number of carbonyl (C=O) groups is 2. The van der Waals surface area contributed by atoms with Gasteiger partial charge >= 0.3 is 6.18 Å². The van der Waals surface area contributed by atoms with E-state index >= 15 is 0 Å². The number of para-hydroxylation sites is 1. The summed E-state index contributed by atoms with van der Waals surface area (Å²) in [6, 6.07) is 12.8. The first-order valence-electron chi connectivity index (χ1n) is 9.56. The Morgan fingerprint density at radius 3 is 2.17 bits per heavy atom. The molecule has 1 N–H and O–H groups in total. The molecule has 0 saturated carbocycles. The van der Waals surface area contributed by atoms with Crippen molar-refractivity contribution < 1.29 is 22.8 Å². The summed E-state index contributed by atoms with van der Waals surface area (Å²) in [5, 5.41) is 2.27. The molecule has 0 saturated heterocycles. The fraction of sp³-hybridized carbons (Fsp3) is 0.364. The van der Waals surface area contributed by atoms with Crippen LogP contribution in [0.4, 0.5) is 18.9 Å². The van der Waals surface area contributed by atoms with Crippen LogP contribution in [0.25, 0.3) is 0 Å². The van der Waals surface area contributed by atoms with E-state index in [2.05, 4.69) is 12.2 Å². The predicted molar refractivity (Wildman–Crippen MR) is 106 cm³/mol. The van der Waals surface area contributed by atoms with Crippen LogP contribution in [0.5, 0.6) is 0 Å². The van der Waals surface area contributed by atoms with Gasteiger partial charge in [0.05, 0.1) is 17.8 Å².